The molecule has 1 amide bonds. The summed E-state index contributed by atoms with van der Waals surface area (Å²) in [6.45, 7) is 29.6. The van der Waals surface area contributed by atoms with Crippen LogP contribution in [-0.2, 0) is 11.3 Å². The molecule has 10 N–H and O–H groups in total. The quantitative estimate of drug-likeness (QED) is 0.0392. The minimum atomic E-state index is -0.743. The number of rotatable bonds is 16. The fourth-order valence-electron chi connectivity index (χ4n) is 7.03. The van der Waals surface area contributed by atoms with Gasteiger partial charge in [0.15, 0.2) is 5.82 Å². The molecule has 18 heteroatoms. The Hall–Kier alpha value is -7.73. The lowest BCUT2D eigenvalue weighted by Crippen LogP contribution is -2.15. The molecule has 4 aromatic heterocycles. The first kappa shape index (κ1) is 68.3. The number of amides is 1. The van der Waals surface area contributed by atoms with Crippen LogP contribution >= 0.6 is 0 Å². The van der Waals surface area contributed by atoms with Crippen molar-refractivity contribution in [3.63, 3.8) is 0 Å². The number of nitrogens with zero attached hydrogens (tertiary/aromatic N) is 7. The zero-order chi connectivity index (χ0) is 59.2. The Balaban J connectivity index is 0.000000682. The van der Waals surface area contributed by atoms with Crippen molar-refractivity contribution in [3.05, 3.63) is 172 Å². The van der Waals surface area contributed by atoms with E-state index in [2.05, 4.69) is 49.2 Å². The Labute approximate surface area is 460 Å². The van der Waals surface area contributed by atoms with E-state index in [0.29, 0.717) is 81.9 Å². The standard InChI is InChI=1S/C27H30F2N6O.C24H28F2N6O.C3H8.3C2H6/c1-5-24(36)35-23-10-9-17(14-33-23)27-32-12-11-22(34-27)16(4)26(31)18(15(2)3)13-21(30)25-19(28)7-6-8-20(25)29;1-4-16(10-19(27)23-17(25)6-5-7-18(23)26)24(28)15(3)21-11-29-12-22(30-21)20-8-9-32(31-20)13-14(2)33;1-3-2;3*1-2/h6-16H,5,30-31H2,1-4H3,(H,33,35,36);5-12,14-15,33H,4,13,27-28H2,1-3H3;3H2,1-2H3;3*1-2H3/b21-13-,26-18+;19-10-,24-16-;;;;/t;14-,15?;;;;/m.0..../s1. The number of halogens is 4. The molecule has 0 aliphatic rings. The van der Waals surface area contributed by atoms with Crippen LogP contribution in [0.15, 0.2) is 126 Å². The van der Waals surface area contributed by atoms with E-state index in [4.69, 9.17) is 22.9 Å². The summed E-state index contributed by atoms with van der Waals surface area (Å²) in [5, 5.41) is 16.7. The highest BCUT2D eigenvalue weighted by Gasteiger charge is 2.21. The molecule has 14 nitrogen and oxygen atoms in total. The summed E-state index contributed by atoms with van der Waals surface area (Å²) in [6, 6.07) is 14.2. The molecule has 2 unspecified atom stereocenters. The van der Waals surface area contributed by atoms with Crippen molar-refractivity contribution in [2.75, 3.05) is 5.32 Å². The molecule has 0 spiro atoms. The number of pyridine rings is 1. The van der Waals surface area contributed by atoms with Crippen molar-refractivity contribution in [1.82, 2.24) is 34.7 Å². The molecule has 0 aliphatic carbocycles. The molecule has 4 heterocycles. The summed E-state index contributed by atoms with van der Waals surface area (Å²) in [6.07, 6.45) is 12.8. The van der Waals surface area contributed by atoms with Crippen molar-refractivity contribution in [2.45, 2.75) is 148 Å². The van der Waals surface area contributed by atoms with Crippen LogP contribution in [0.1, 0.15) is 157 Å². The number of nitrogens with two attached hydrogens (primary N) is 4. The third-order valence-corrected chi connectivity index (χ3v) is 11.0. The third kappa shape index (κ3) is 20.3. The van der Waals surface area contributed by atoms with Gasteiger partial charge < -0.3 is 33.4 Å². The van der Waals surface area contributed by atoms with Crippen LogP contribution in [0, 0.1) is 29.2 Å². The number of anilines is 1. The van der Waals surface area contributed by atoms with E-state index < -0.39 is 29.4 Å². The summed E-state index contributed by atoms with van der Waals surface area (Å²) in [5.41, 5.74) is 29.8. The Morgan fingerprint density at radius 1 is 0.654 bits per heavy atom. The minimum Gasteiger partial charge on any atom is -0.401 e. The molecule has 6 aromatic rings. The number of hydrogen-bond donors (Lipinski definition) is 6. The number of aliphatic hydroxyl groups is 1. The van der Waals surface area contributed by atoms with E-state index in [-0.39, 0.29) is 46.2 Å². The van der Waals surface area contributed by atoms with E-state index >= 15 is 0 Å². The van der Waals surface area contributed by atoms with Crippen LogP contribution < -0.4 is 28.3 Å². The highest BCUT2D eigenvalue weighted by atomic mass is 19.1. The second kappa shape index (κ2) is 35.6. The van der Waals surface area contributed by atoms with Gasteiger partial charge in [-0.25, -0.2) is 37.5 Å². The lowest BCUT2D eigenvalue weighted by molar-refractivity contribution is -0.115. The van der Waals surface area contributed by atoms with Crippen molar-refractivity contribution in [3.8, 4) is 22.8 Å². The summed E-state index contributed by atoms with van der Waals surface area (Å²) in [5.74, 6) is -2.94. The van der Waals surface area contributed by atoms with Crippen LogP contribution in [0.3, 0.4) is 0 Å². The molecule has 0 fully saturated rings. The first-order valence-electron chi connectivity index (χ1n) is 26.7. The first-order valence-corrected chi connectivity index (χ1v) is 26.7. The van der Waals surface area contributed by atoms with Gasteiger partial charge in [-0.1, -0.05) is 115 Å². The van der Waals surface area contributed by atoms with Crippen LogP contribution in [0.5, 0.6) is 0 Å². The monoisotopic (exact) mass is 1080 g/mol. The van der Waals surface area contributed by atoms with Crippen LogP contribution in [0.4, 0.5) is 23.4 Å². The van der Waals surface area contributed by atoms with E-state index in [1.54, 1.807) is 73.8 Å². The maximum absolute atomic E-state index is 14.2. The topological polar surface area (TPSA) is 236 Å². The van der Waals surface area contributed by atoms with Gasteiger partial charge in [0.25, 0.3) is 0 Å². The van der Waals surface area contributed by atoms with Crippen molar-refractivity contribution in [1.29, 1.82) is 0 Å². The molecule has 78 heavy (non-hydrogen) atoms. The number of carbonyl (C=O) groups excluding carboxylic acids is 1. The van der Waals surface area contributed by atoms with Crippen molar-refractivity contribution in [2.24, 2.45) is 28.9 Å². The molecule has 3 atom stereocenters. The maximum Gasteiger partial charge on any atom is 0.225 e. The van der Waals surface area contributed by atoms with Crippen molar-refractivity contribution < 1.29 is 27.5 Å². The van der Waals surface area contributed by atoms with Gasteiger partial charge in [-0.2, -0.15) is 5.10 Å². The average Bonchev–Trinajstić information content (AvgIpc) is 3.91. The van der Waals surface area contributed by atoms with Crippen LogP contribution in [-0.4, -0.2) is 51.8 Å². The fourth-order valence-corrected chi connectivity index (χ4v) is 7.03. The highest BCUT2D eigenvalue weighted by Crippen LogP contribution is 2.30. The number of hydrogen-bond acceptors (Lipinski definition) is 12. The van der Waals surface area contributed by atoms with E-state index in [1.165, 1.54) is 30.7 Å². The number of allylic oxidation sites excluding steroid dienone is 6. The van der Waals surface area contributed by atoms with Gasteiger partial charge in [0.2, 0.25) is 5.91 Å². The average molecular weight is 1080 g/mol. The number of carbonyl (C=O) groups is 1. The third-order valence-electron chi connectivity index (χ3n) is 11.0. The smallest absolute Gasteiger partial charge is 0.225 e. The molecular weight excluding hydrogens is 997 g/mol. The largest absolute Gasteiger partial charge is 0.401 e. The number of aliphatic hydroxyl groups excluding tert-OH is 1. The Kier molecular flexibility index (Phi) is 31.1. The van der Waals surface area contributed by atoms with Crippen LogP contribution in [0.2, 0.25) is 0 Å². The molecule has 0 aliphatic heterocycles. The highest BCUT2D eigenvalue weighted by molar-refractivity contribution is 5.89. The lowest BCUT2D eigenvalue weighted by Gasteiger charge is -2.19. The summed E-state index contributed by atoms with van der Waals surface area (Å²) < 4.78 is 58.3. The van der Waals surface area contributed by atoms with Gasteiger partial charge in [0.1, 0.15) is 40.5 Å². The maximum atomic E-state index is 14.2. The second-order valence-corrected chi connectivity index (χ2v) is 17.2. The molecule has 0 bridgehead atoms. The summed E-state index contributed by atoms with van der Waals surface area (Å²) >= 11 is 0. The zero-order valence-electron chi connectivity index (χ0n) is 48.3. The lowest BCUT2D eigenvalue weighted by atomic mass is 9.91. The second-order valence-electron chi connectivity index (χ2n) is 17.2. The van der Waals surface area contributed by atoms with Crippen molar-refractivity contribution >= 4 is 23.1 Å². The Morgan fingerprint density at radius 2 is 1.19 bits per heavy atom. The van der Waals surface area contributed by atoms with Gasteiger partial charge in [0, 0.05) is 71.4 Å². The van der Waals surface area contributed by atoms with Gasteiger partial charge in [0.05, 0.1) is 41.4 Å². The molecular formula is C60H84F4N12O2. The summed E-state index contributed by atoms with van der Waals surface area (Å²) in [4.78, 5) is 33.7. The number of nitrogens with one attached hydrogen (secondary N) is 1. The predicted molar refractivity (Wildman–Crippen MR) is 311 cm³/mol. The Morgan fingerprint density at radius 3 is 1.68 bits per heavy atom. The normalized spacial score (nSPS) is 12.8. The Bertz CT molecular complexity index is 2860. The van der Waals surface area contributed by atoms with E-state index in [1.807, 2.05) is 76.2 Å². The predicted octanol–water partition coefficient (Wildman–Crippen LogP) is 13.4. The molecule has 0 saturated heterocycles. The molecule has 0 radical (unpaired) electrons. The van der Waals surface area contributed by atoms with Crippen LogP contribution in [0.25, 0.3) is 34.2 Å². The molecule has 424 valence electrons. The molecule has 2 aromatic carbocycles. The first-order chi connectivity index (χ1) is 37.2. The van der Waals surface area contributed by atoms with Gasteiger partial charge in [-0.05, 0) is 91.1 Å². The zero-order valence-corrected chi connectivity index (χ0v) is 48.3. The fraction of sp³-hybridized carbons (Fsp3) is 0.383. The van der Waals surface area contributed by atoms with E-state index in [9.17, 15) is 27.5 Å². The van der Waals surface area contributed by atoms with E-state index in [0.717, 1.165) is 24.3 Å². The molecule has 6 rings (SSSR count). The van der Waals surface area contributed by atoms with Gasteiger partial charge in [-0.3, -0.25) is 14.5 Å². The number of benzene rings is 2. The minimum absolute atomic E-state index is 0.0407. The summed E-state index contributed by atoms with van der Waals surface area (Å²) in [7, 11) is 0. The number of aromatic nitrogens is 7. The SMILES string of the molecule is CC.CC.CC.CCC.CCC(/C=C(\N)c1c(F)cccc1F)=C(/N)C(C)c1cncc(-c2ccn(C[C@H](C)O)n2)n1.CCC(=O)Nc1ccc(-c2nccc(C(C)/C(N)=C(/C=C(\N)c3c(F)cccc3F)C(C)C)n2)cn1. The molecule has 0 saturated carbocycles. The van der Waals surface area contributed by atoms with Gasteiger partial charge in [-0.15, -0.1) is 0 Å². The van der Waals surface area contributed by atoms with Gasteiger partial charge >= 0.3 is 0 Å².